The Morgan fingerprint density at radius 1 is 0.771 bits per heavy atom. The fourth-order valence-corrected chi connectivity index (χ4v) is 12.5. The molecule has 4 aromatic rings. The number of nitrogens with two attached hydrogens (primary N) is 1. The van der Waals surface area contributed by atoms with Crippen LogP contribution in [0.15, 0.2) is 41.2 Å². The summed E-state index contributed by atoms with van der Waals surface area (Å²) in [5.74, 6) is -0.773. The van der Waals surface area contributed by atoms with Crippen molar-refractivity contribution in [2.24, 2.45) is 11.7 Å². The largest absolute Gasteiger partial charge is 0.481 e. The van der Waals surface area contributed by atoms with E-state index < -0.39 is 120 Å². The third-order valence-electron chi connectivity index (χ3n) is 18.1. The van der Waals surface area contributed by atoms with Gasteiger partial charge in [-0.1, -0.05) is 45.2 Å². The van der Waals surface area contributed by atoms with E-state index in [2.05, 4.69) is 54.4 Å². The summed E-state index contributed by atoms with van der Waals surface area (Å²) in [5, 5.41) is 42.6. The van der Waals surface area contributed by atoms with Gasteiger partial charge in [-0.05, 0) is 111 Å². The topological polar surface area (TPSA) is 442 Å². The van der Waals surface area contributed by atoms with E-state index in [1.165, 1.54) is 22.8 Å². The molecule has 0 fully saturated rings. The first-order valence-corrected chi connectivity index (χ1v) is 35.3. The van der Waals surface area contributed by atoms with Crippen molar-refractivity contribution in [2.45, 2.75) is 167 Å². The number of nitrogens with one attached hydrogen (secondary N) is 8. The lowest BCUT2D eigenvalue weighted by molar-refractivity contribution is -0.172. The minimum absolute atomic E-state index is 0.0199. The number of fused-ring (bicyclic) bond motifs is 5. The lowest BCUT2D eigenvalue weighted by Crippen LogP contribution is -2.58. The molecule has 2 aliphatic carbocycles. The fraction of sp³-hybridized carbons (Fsp3) is 0.556. The molecule has 2 aliphatic heterocycles. The quantitative estimate of drug-likeness (QED) is 0.0116. The number of benzene rings is 2. The van der Waals surface area contributed by atoms with Crippen LogP contribution >= 0.6 is 0 Å². The number of halogens is 1. The molecule has 2 unspecified atom stereocenters. The van der Waals surface area contributed by atoms with Crippen molar-refractivity contribution in [1.82, 2.24) is 46.8 Å². The number of urea groups is 1. The van der Waals surface area contributed by atoms with Crippen LogP contribution in [0.2, 0.25) is 0 Å². The van der Waals surface area contributed by atoms with Gasteiger partial charge in [-0.15, -0.1) is 5.92 Å². The second kappa shape index (κ2) is 40.0. The number of aryl methyl sites for hydroxylation is 1. The number of aliphatic hydroxyl groups is 1. The number of hydrogen-bond acceptors (Lipinski definition) is 21. The molecule has 570 valence electrons. The molecule has 0 saturated heterocycles. The van der Waals surface area contributed by atoms with Gasteiger partial charge in [0.05, 0.1) is 87.9 Å². The van der Waals surface area contributed by atoms with Crippen LogP contribution in [0.1, 0.15) is 143 Å². The van der Waals surface area contributed by atoms with Gasteiger partial charge >= 0.3 is 24.1 Å². The van der Waals surface area contributed by atoms with Crippen LogP contribution in [-0.4, -0.2) is 189 Å². The number of carboxylic acid groups (broad SMARTS) is 1. The Labute approximate surface area is 605 Å². The van der Waals surface area contributed by atoms with E-state index in [9.17, 15) is 63.0 Å². The number of aromatic nitrogens is 2. The standard InChI is InChI=1S/C72H94FN11O21/c1-5-72(97)50-34-56-64-48(36-84(56)68(93)49(50)38-104-69(72)94)62-52(20-19-47-43(4)51(73)35-55(81-64)61(47)62)79-59(87)39-102-41-77-71(96)105-37-44-15-17-45(18-16-44)78-65(90)53(14-11-24-76-70(74)95)82-67(92)63(42(2)3)83-66(91)54(21-22-60(88)89)80-57(85)23-26-98-28-30-100-32-33-101-31-29-99-27-25-75-58(86)40-103-46-12-9-7-6-8-10-13-46/h15-18,34-35,42,46,52-54,63,97H,5-9,11-12,14,19-33,36-41H2,1-4H3,(H,75,86)(H,77,96)(H,78,90)(H,79,87)(H,80,85)(H,82,92)(H,83,91)(H,88,89)(H3,74,76,95)/t46?,52?,53-,54-,63-,72-/m0/s1. The number of nitrogens with zero attached hydrogens (tertiary/aromatic N) is 2. The summed E-state index contributed by atoms with van der Waals surface area (Å²) in [4.78, 5) is 148. The highest BCUT2D eigenvalue weighted by molar-refractivity contribution is 5.99. The molecule has 0 radical (unpaired) electrons. The average Bonchev–Trinajstić information content (AvgIpc) is 1.59. The minimum atomic E-state index is -2.07. The van der Waals surface area contributed by atoms with E-state index in [1.54, 1.807) is 45.9 Å². The molecule has 0 saturated carbocycles. The molecule has 2 aromatic heterocycles. The maximum absolute atomic E-state index is 15.4. The number of carbonyl (C=O) groups is 10. The number of anilines is 1. The summed E-state index contributed by atoms with van der Waals surface area (Å²) in [6.07, 6.45) is 3.59. The summed E-state index contributed by atoms with van der Waals surface area (Å²) in [7, 11) is 0. The van der Waals surface area contributed by atoms with E-state index >= 15 is 4.39 Å². The predicted molar refractivity (Wildman–Crippen MR) is 373 cm³/mol. The maximum atomic E-state index is 15.4. The highest BCUT2D eigenvalue weighted by Crippen LogP contribution is 2.46. The first-order valence-electron chi connectivity index (χ1n) is 35.3. The molecule has 6 atom stereocenters. The van der Waals surface area contributed by atoms with Gasteiger partial charge in [0, 0.05) is 60.6 Å². The molecular weight excluding hydrogens is 1370 g/mol. The molecule has 105 heavy (non-hydrogen) atoms. The highest BCUT2D eigenvalue weighted by atomic mass is 19.1. The maximum Gasteiger partial charge on any atom is 0.409 e. The number of ether oxygens (including phenoxy) is 8. The Bertz CT molecular complexity index is 3920. The molecule has 4 aliphatic rings. The van der Waals surface area contributed by atoms with E-state index in [-0.39, 0.29) is 127 Å². The second-order valence-corrected chi connectivity index (χ2v) is 25.9. The van der Waals surface area contributed by atoms with Crippen LogP contribution in [0.5, 0.6) is 0 Å². The van der Waals surface area contributed by atoms with Crippen molar-refractivity contribution in [2.75, 3.05) is 91.2 Å². The number of esters is 1. The minimum Gasteiger partial charge on any atom is -0.481 e. The number of rotatable bonds is 41. The monoisotopic (exact) mass is 1470 g/mol. The van der Waals surface area contributed by atoms with Crippen LogP contribution in [-0.2, 0) is 108 Å². The van der Waals surface area contributed by atoms with Gasteiger partial charge in [-0.3, -0.25) is 43.7 Å². The first-order chi connectivity index (χ1) is 50.4. The summed E-state index contributed by atoms with van der Waals surface area (Å²) in [6, 6.07) is 3.65. The Kier molecular flexibility index (Phi) is 30.8. The van der Waals surface area contributed by atoms with Crippen molar-refractivity contribution in [3.05, 3.63) is 91.5 Å². The van der Waals surface area contributed by atoms with Gasteiger partial charge in [0.25, 0.3) is 5.56 Å². The SMILES string of the molecule is CC[C@@]1(O)C(=O)OCc2c1cc1n(c2=O)Cc2c-1nc1cc(F)c(C)c3c1c2C(NC(=O)COCNC(=O)OCc1ccc(NC(=O)[C@H](CCCNC(N)=O)NC(=O)[C@@H](NC(=O)[C@H](CCC(=O)O)NC(=O)CCOCCOCCOCCOCCNC(=O)COC2C#CCCCCC2)C(C)C)cc1)CC3. The number of aliphatic carboxylic acids is 1. The highest BCUT2D eigenvalue weighted by Gasteiger charge is 2.46. The van der Waals surface area contributed by atoms with Gasteiger partial charge in [-0.2, -0.15) is 0 Å². The van der Waals surface area contributed by atoms with Crippen molar-refractivity contribution in [3.8, 4) is 23.2 Å². The third-order valence-corrected chi connectivity index (χ3v) is 18.1. The first kappa shape index (κ1) is 81.0. The van der Waals surface area contributed by atoms with Gasteiger partial charge in [0.15, 0.2) is 5.60 Å². The molecule has 32 nitrogen and oxygen atoms in total. The lowest BCUT2D eigenvalue weighted by atomic mass is 9.81. The molecular formula is C72H94FN11O21. The van der Waals surface area contributed by atoms with Gasteiger partial charge in [0.2, 0.25) is 35.4 Å². The molecule has 9 amide bonds. The Hall–Kier alpha value is -9.69. The number of carbonyl (C=O) groups excluding carboxylic acids is 9. The number of primary amides is 1. The molecule has 8 rings (SSSR count). The Morgan fingerprint density at radius 3 is 2.19 bits per heavy atom. The molecule has 12 N–H and O–H groups in total. The normalized spacial score (nSPS) is 17.1. The Morgan fingerprint density at radius 2 is 1.49 bits per heavy atom. The zero-order valence-corrected chi connectivity index (χ0v) is 59.4. The molecule has 33 heteroatoms. The van der Waals surface area contributed by atoms with E-state index in [4.69, 9.17) is 48.6 Å². The summed E-state index contributed by atoms with van der Waals surface area (Å²) in [5.41, 5.74) is 7.08. The van der Waals surface area contributed by atoms with E-state index in [0.717, 1.165) is 32.1 Å². The summed E-state index contributed by atoms with van der Waals surface area (Å²) >= 11 is 0. The van der Waals surface area contributed by atoms with Crippen LogP contribution in [0.4, 0.5) is 19.7 Å². The van der Waals surface area contributed by atoms with Crippen molar-refractivity contribution in [1.29, 1.82) is 0 Å². The number of hydrogen-bond donors (Lipinski definition) is 11. The zero-order valence-electron chi connectivity index (χ0n) is 59.4. The average molecular weight is 1470 g/mol. The smallest absolute Gasteiger partial charge is 0.409 e. The van der Waals surface area contributed by atoms with Crippen LogP contribution in [0.25, 0.3) is 22.3 Å². The zero-order chi connectivity index (χ0) is 75.6. The molecule has 2 aromatic carbocycles. The number of alkyl carbamates (subject to hydrolysis) is 1. The molecule has 0 bridgehead atoms. The Balaban J connectivity index is 0.738. The summed E-state index contributed by atoms with van der Waals surface area (Å²) in [6.45, 7) is 7.10. The number of amides is 9. The van der Waals surface area contributed by atoms with E-state index in [1.807, 2.05) is 0 Å². The van der Waals surface area contributed by atoms with Crippen LogP contribution < -0.4 is 53.8 Å². The third kappa shape index (κ3) is 23.2. The van der Waals surface area contributed by atoms with Gasteiger partial charge in [0.1, 0.15) is 63.2 Å². The van der Waals surface area contributed by atoms with Gasteiger partial charge < -0.3 is 95.6 Å². The van der Waals surface area contributed by atoms with Gasteiger partial charge in [-0.25, -0.2) is 23.8 Å². The van der Waals surface area contributed by atoms with Crippen LogP contribution in [0, 0.1) is 30.5 Å². The predicted octanol–water partition coefficient (Wildman–Crippen LogP) is 2.82. The molecule has 0 spiro atoms. The van der Waals surface area contributed by atoms with Crippen molar-refractivity contribution >= 4 is 76.1 Å². The van der Waals surface area contributed by atoms with E-state index in [0.29, 0.717) is 89.3 Å². The van der Waals surface area contributed by atoms with Crippen LogP contribution in [0.3, 0.4) is 0 Å². The lowest BCUT2D eigenvalue weighted by Gasteiger charge is -2.31. The number of pyridine rings is 2. The van der Waals surface area contributed by atoms with Crippen molar-refractivity contribution in [3.63, 3.8) is 0 Å². The van der Waals surface area contributed by atoms with Crippen molar-refractivity contribution < 1.29 is 100 Å². The molecule has 4 heterocycles. The fourth-order valence-electron chi connectivity index (χ4n) is 12.5. The summed E-state index contributed by atoms with van der Waals surface area (Å²) < 4.78 is 60.6. The second-order valence-electron chi connectivity index (χ2n) is 25.9. The number of cyclic esters (lactones) is 1. The number of carboxylic acids is 1.